The third-order valence-corrected chi connectivity index (χ3v) is 4.12. The fourth-order valence-corrected chi connectivity index (χ4v) is 3.11. The van der Waals surface area contributed by atoms with Crippen LogP contribution in [0.3, 0.4) is 0 Å². The Morgan fingerprint density at radius 1 is 1.40 bits per heavy atom. The van der Waals surface area contributed by atoms with Gasteiger partial charge in [0.1, 0.15) is 0 Å². The first kappa shape index (κ1) is 13.7. The minimum absolute atomic E-state index is 0.366. The Balaban J connectivity index is 1.65. The van der Waals surface area contributed by atoms with Crippen LogP contribution in [0.1, 0.15) is 24.1 Å². The van der Waals surface area contributed by atoms with Gasteiger partial charge in [-0.2, -0.15) is 0 Å². The Morgan fingerprint density at radius 2 is 2.40 bits per heavy atom. The molecule has 0 saturated carbocycles. The Hall–Kier alpha value is -1.30. The summed E-state index contributed by atoms with van der Waals surface area (Å²) in [6.45, 7) is 3.64. The van der Waals surface area contributed by atoms with Crippen molar-refractivity contribution in [2.45, 2.75) is 32.0 Å². The minimum atomic E-state index is 0.366. The molecule has 20 heavy (non-hydrogen) atoms. The molecule has 3 rings (SSSR count). The number of hydrogen-bond donors (Lipinski definition) is 0. The van der Waals surface area contributed by atoms with Crippen molar-refractivity contribution in [3.8, 4) is 0 Å². The summed E-state index contributed by atoms with van der Waals surface area (Å²) in [4.78, 5) is 11.0. The van der Waals surface area contributed by atoms with Gasteiger partial charge in [-0.05, 0) is 24.5 Å². The van der Waals surface area contributed by atoms with Crippen LogP contribution in [-0.4, -0.2) is 34.1 Å². The van der Waals surface area contributed by atoms with Crippen LogP contribution in [0.15, 0.2) is 35.4 Å². The molecule has 1 atom stereocenters. The summed E-state index contributed by atoms with van der Waals surface area (Å²) in [5, 5.41) is 2.12. The van der Waals surface area contributed by atoms with Crippen LogP contribution in [0.5, 0.6) is 0 Å². The average molecular weight is 289 g/mol. The first-order valence-electron chi connectivity index (χ1n) is 7.00. The van der Waals surface area contributed by atoms with E-state index in [-0.39, 0.29) is 0 Å². The fraction of sp³-hybridized carbons (Fsp3) is 0.467. The fourth-order valence-electron chi connectivity index (χ4n) is 2.56. The summed E-state index contributed by atoms with van der Waals surface area (Å²) in [5.74, 6) is 0. The van der Waals surface area contributed by atoms with Gasteiger partial charge in [-0.1, -0.05) is 6.07 Å². The van der Waals surface area contributed by atoms with E-state index >= 15 is 0 Å². The number of rotatable bonds is 6. The smallest absolute Gasteiger partial charge is 0.0795 e. The van der Waals surface area contributed by atoms with Crippen LogP contribution in [0.2, 0.25) is 0 Å². The SMILES string of the molecule is c1cncc(CN(Cc2cscn2)CC2CCCO2)c1. The highest BCUT2D eigenvalue weighted by atomic mass is 32.1. The predicted octanol–water partition coefficient (Wildman–Crippen LogP) is 2.72. The molecule has 1 aliphatic heterocycles. The van der Waals surface area contributed by atoms with Gasteiger partial charge in [0.25, 0.3) is 0 Å². The number of ether oxygens (including phenoxy) is 1. The van der Waals surface area contributed by atoms with Gasteiger partial charge in [-0.3, -0.25) is 9.88 Å². The molecule has 0 aliphatic carbocycles. The standard InChI is InChI=1S/C15H19N3OS/c1-3-13(7-16-5-1)8-18(9-14-11-20-12-17-14)10-15-4-2-6-19-15/h1,3,5,7,11-12,15H,2,4,6,8-10H2. The lowest BCUT2D eigenvalue weighted by Crippen LogP contribution is -2.31. The van der Waals surface area contributed by atoms with Gasteiger partial charge in [0.05, 0.1) is 17.3 Å². The van der Waals surface area contributed by atoms with Crippen molar-refractivity contribution >= 4 is 11.3 Å². The lowest BCUT2D eigenvalue weighted by Gasteiger charge is -2.24. The highest BCUT2D eigenvalue weighted by Gasteiger charge is 2.20. The van der Waals surface area contributed by atoms with Crippen LogP contribution in [0, 0.1) is 0 Å². The second kappa shape index (κ2) is 6.92. The lowest BCUT2D eigenvalue weighted by molar-refractivity contribution is 0.0675. The molecule has 4 nitrogen and oxygen atoms in total. The van der Waals surface area contributed by atoms with Crippen molar-refractivity contribution in [3.63, 3.8) is 0 Å². The Bertz CT molecular complexity index is 497. The first-order chi connectivity index (χ1) is 9.90. The molecular formula is C15H19N3OS. The molecule has 0 N–H and O–H groups in total. The zero-order valence-electron chi connectivity index (χ0n) is 11.4. The number of nitrogens with zero attached hydrogens (tertiary/aromatic N) is 3. The summed E-state index contributed by atoms with van der Waals surface area (Å²) in [7, 11) is 0. The molecular weight excluding hydrogens is 270 g/mol. The number of aromatic nitrogens is 2. The van der Waals surface area contributed by atoms with E-state index in [0.717, 1.165) is 31.9 Å². The van der Waals surface area contributed by atoms with Crippen LogP contribution in [-0.2, 0) is 17.8 Å². The molecule has 5 heteroatoms. The maximum atomic E-state index is 5.77. The summed E-state index contributed by atoms with van der Waals surface area (Å²) < 4.78 is 5.77. The van der Waals surface area contributed by atoms with Crippen LogP contribution < -0.4 is 0 Å². The van der Waals surface area contributed by atoms with E-state index < -0.39 is 0 Å². The maximum absolute atomic E-state index is 5.77. The lowest BCUT2D eigenvalue weighted by atomic mass is 10.2. The van der Waals surface area contributed by atoms with Crippen LogP contribution in [0.25, 0.3) is 0 Å². The van der Waals surface area contributed by atoms with Gasteiger partial charge in [0, 0.05) is 44.0 Å². The summed E-state index contributed by atoms with van der Waals surface area (Å²) in [6.07, 6.45) is 6.46. The monoisotopic (exact) mass is 289 g/mol. The van der Waals surface area contributed by atoms with Gasteiger partial charge < -0.3 is 4.74 Å². The summed E-state index contributed by atoms with van der Waals surface area (Å²) >= 11 is 1.65. The van der Waals surface area contributed by atoms with Gasteiger partial charge in [-0.15, -0.1) is 11.3 Å². The summed E-state index contributed by atoms with van der Waals surface area (Å²) in [5.41, 5.74) is 4.27. The molecule has 0 bridgehead atoms. The summed E-state index contributed by atoms with van der Waals surface area (Å²) in [6, 6.07) is 4.11. The molecule has 0 aromatic carbocycles. The van der Waals surface area contributed by atoms with Crippen LogP contribution in [0.4, 0.5) is 0 Å². The third kappa shape index (κ3) is 3.85. The van der Waals surface area contributed by atoms with Crippen molar-refractivity contribution in [2.24, 2.45) is 0 Å². The molecule has 106 valence electrons. The molecule has 0 radical (unpaired) electrons. The van der Waals surface area contributed by atoms with E-state index in [0.29, 0.717) is 6.10 Å². The first-order valence-corrected chi connectivity index (χ1v) is 7.94. The molecule has 1 saturated heterocycles. The average Bonchev–Trinajstić information content (AvgIpc) is 3.13. The number of pyridine rings is 1. The molecule has 2 aromatic heterocycles. The zero-order valence-corrected chi connectivity index (χ0v) is 12.3. The molecule has 2 aromatic rings. The topological polar surface area (TPSA) is 38.2 Å². The Kier molecular flexibility index (Phi) is 4.73. The molecule has 1 unspecified atom stereocenters. The van der Waals surface area contributed by atoms with Crippen molar-refractivity contribution in [1.29, 1.82) is 0 Å². The molecule has 1 aliphatic rings. The molecule has 0 spiro atoms. The van der Waals surface area contributed by atoms with Crippen molar-refractivity contribution in [1.82, 2.24) is 14.9 Å². The second-order valence-electron chi connectivity index (χ2n) is 5.15. The number of thiazole rings is 1. The van der Waals surface area contributed by atoms with E-state index in [2.05, 4.69) is 26.3 Å². The Labute approximate surface area is 123 Å². The minimum Gasteiger partial charge on any atom is -0.377 e. The highest BCUT2D eigenvalue weighted by Crippen LogP contribution is 2.17. The molecule has 0 amide bonds. The van der Waals surface area contributed by atoms with E-state index in [1.54, 1.807) is 11.3 Å². The van der Waals surface area contributed by atoms with E-state index in [4.69, 9.17) is 4.74 Å². The van der Waals surface area contributed by atoms with Gasteiger partial charge in [0.15, 0.2) is 0 Å². The number of hydrogen-bond acceptors (Lipinski definition) is 5. The van der Waals surface area contributed by atoms with Gasteiger partial charge in [-0.25, -0.2) is 4.98 Å². The largest absolute Gasteiger partial charge is 0.377 e. The van der Waals surface area contributed by atoms with E-state index in [1.807, 2.05) is 24.0 Å². The van der Waals surface area contributed by atoms with Gasteiger partial charge >= 0.3 is 0 Å². The van der Waals surface area contributed by atoms with Crippen LogP contribution >= 0.6 is 11.3 Å². The second-order valence-corrected chi connectivity index (χ2v) is 5.86. The Morgan fingerprint density at radius 3 is 3.10 bits per heavy atom. The maximum Gasteiger partial charge on any atom is 0.0795 e. The van der Waals surface area contributed by atoms with E-state index in [1.165, 1.54) is 18.4 Å². The van der Waals surface area contributed by atoms with Crippen molar-refractivity contribution in [2.75, 3.05) is 13.2 Å². The predicted molar refractivity (Wildman–Crippen MR) is 79.4 cm³/mol. The zero-order chi connectivity index (χ0) is 13.6. The van der Waals surface area contributed by atoms with E-state index in [9.17, 15) is 0 Å². The van der Waals surface area contributed by atoms with Gasteiger partial charge in [0.2, 0.25) is 0 Å². The molecule has 1 fully saturated rings. The highest BCUT2D eigenvalue weighted by molar-refractivity contribution is 7.07. The molecule has 3 heterocycles. The quantitative estimate of drug-likeness (QED) is 0.819. The third-order valence-electron chi connectivity index (χ3n) is 3.48. The van der Waals surface area contributed by atoms with Crippen molar-refractivity contribution < 1.29 is 4.74 Å². The normalized spacial score (nSPS) is 18.8. The van der Waals surface area contributed by atoms with Crippen molar-refractivity contribution in [3.05, 3.63) is 46.7 Å².